The van der Waals surface area contributed by atoms with Gasteiger partial charge in [0.15, 0.2) is 11.8 Å². The first-order valence-electron chi connectivity index (χ1n) is 10.9. The van der Waals surface area contributed by atoms with Gasteiger partial charge in [-0.3, -0.25) is 15.0 Å². The molecule has 32 heavy (non-hydrogen) atoms. The number of hydrogen-bond donors (Lipinski definition) is 3. The van der Waals surface area contributed by atoms with Crippen LogP contribution in [0.2, 0.25) is 0 Å². The van der Waals surface area contributed by atoms with E-state index in [1.165, 1.54) is 24.0 Å². The van der Waals surface area contributed by atoms with Gasteiger partial charge in [-0.25, -0.2) is 4.98 Å². The maximum absolute atomic E-state index is 4.44. The standard InChI is InChI=1S/C23H31N7S.HI/c1-17-8-10-30(11-9-17)20(21-7-4-12-31-21)15-26-23(24-2)25-14-18-5-3-6-19(13-18)22-27-16-28-29-22;/h3-7,12-13,16-17,20H,8-11,14-15H2,1-2H3,(H2,24,25,26)(H,27,28,29);1H. The molecular weight excluding hydrogens is 533 g/mol. The van der Waals surface area contributed by atoms with Crippen molar-refractivity contribution in [3.63, 3.8) is 0 Å². The summed E-state index contributed by atoms with van der Waals surface area (Å²) >= 11 is 1.84. The summed E-state index contributed by atoms with van der Waals surface area (Å²) in [6.45, 7) is 6.20. The van der Waals surface area contributed by atoms with Crippen molar-refractivity contribution in [3.8, 4) is 11.4 Å². The van der Waals surface area contributed by atoms with Crippen molar-refractivity contribution in [3.05, 3.63) is 58.5 Å². The van der Waals surface area contributed by atoms with E-state index in [2.05, 4.69) is 72.3 Å². The van der Waals surface area contributed by atoms with Crippen molar-refractivity contribution < 1.29 is 0 Å². The molecule has 0 bridgehead atoms. The third-order valence-corrected chi connectivity index (χ3v) is 6.87. The second-order valence-electron chi connectivity index (χ2n) is 8.09. The Morgan fingerprint density at radius 3 is 2.78 bits per heavy atom. The summed E-state index contributed by atoms with van der Waals surface area (Å²) in [5, 5.41) is 16.0. The molecule has 0 saturated carbocycles. The number of hydrogen-bond acceptors (Lipinski definition) is 5. The van der Waals surface area contributed by atoms with Gasteiger partial charge in [0.2, 0.25) is 0 Å². The number of halogens is 1. The fourth-order valence-electron chi connectivity index (χ4n) is 4.00. The van der Waals surface area contributed by atoms with Gasteiger partial charge < -0.3 is 10.6 Å². The lowest BCUT2D eigenvalue weighted by Crippen LogP contribution is -2.44. The number of likely N-dealkylation sites (tertiary alicyclic amines) is 1. The van der Waals surface area contributed by atoms with E-state index in [1.807, 2.05) is 30.5 Å². The summed E-state index contributed by atoms with van der Waals surface area (Å²) in [4.78, 5) is 12.7. The Morgan fingerprint density at radius 2 is 2.09 bits per heavy atom. The Kier molecular flexibility index (Phi) is 9.49. The minimum atomic E-state index is 0. The molecule has 1 aliphatic heterocycles. The molecule has 1 atom stereocenters. The molecule has 0 spiro atoms. The Labute approximate surface area is 211 Å². The molecule has 1 saturated heterocycles. The quantitative estimate of drug-likeness (QED) is 0.226. The lowest BCUT2D eigenvalue weighted by atomic mass is 9.97. The Hall–Kier alpha value is -1.98. The van der Waals surface area contributed by atoms with Gasteiger partial charge >= 0.3 is 0 Å². The summed E-state index contributed by atoms with van der Waals surface area (Å²) < 4.78 is 0. The van der Waals surface area contributed by atoms with Gasteiger partial charge in [0, 0.05) is 30.6 Å². The molecule has 4 rings (SSSR count). The molecule has 1 aromatic carbocycles. The number of H-pyrrole nitrogens is 1. The van der Waals surface area contributed by atoms with E-state index >= 15 is 0 Å². The number of nitrogens with one attached hydrogen (secondary N) is 3. The maximum Gasteiger partial charge on any atom is 0.191 e. The van der Waals surface area contributed by atoms with Gasteiger partial charge in [0.1, 0.15) is 6.33 Å². The van der Waals surface area contributed by atoms with Gasteiger partial charge in [-0.2, -0.15) is 5.10 Å². The molecule has 7 nitrogen and oxygen atoms in total. The third-order valence-electron chi connectivity index (χ3n) is 5.89. The zero-order chi connectivity index (χ0) is 21.5. The number of nitrogens with zero attached hydrogens (tertiary/aromatic N) is 4. The van der Waals surface area contributed by atoms with Gasteiger partial charge in [-0.15, -0.1) is 35.3 Å². The molecule has 1 fully saturated rings. The largest absolute Gasteiger partial charge is 0.354 e. The van der Waals surface area contributed by atoms with Crippen LogP contribution in [0.3, 0.4) is 0 Å². The second-order valence-corrected chi connectivity index (χ2v) is 9.07. The van der Waals surface area contributed by atoms with E-state index in [0.29, 0.717) is 12.6 Å². The zero-order valence-electron chi connectivity index (χ0n) is 18.6. The first kappa shape index (κ1) is 24.7. The van der Waals surface area contributed by atoms with E-state index in [0.717, 1.165) is 48.5 Å². The van der Waals surface area contributed by atoms with Crippen molar-refractivity contribution >= 4 is 41.3 Å². The van der Waals surface area contributed by atoms with E-state index in [4.69, 9.17) is 0 Å². The lowest BCUT2D eigenvalue weighted by molar-refractivity contribution is 0.140. The molecule has 0 radical (unpaired) electrons. The Bertz CT molecular complexity index is 951. The molecule has 1 aliphatic rings. The average molecular weight is 566 g/mol. The van der Waals surface area contributed by atoms with Crippen LogP contribution in [0.1, 0.15) is 36.2 Å². The van der Waals surface area contributed by atoms with Crippen LogP contribution >= 0.6 is 35.3 Å². The number of piperidine rings is 1. The summed E-state index contributed by atoms with van der Waals surface area (Å²) in [5.74, 6) is 2.42. The minimum Gasteiger partial charge on any atom is -0.354 e. The predicted molar refractivity (Wildman–Crippen MR) is 142 cm³/mol. The number of aliphatic imine (C=N–C) groups is 1. The molecule has 3 aromatic rings. The molecule has 2 aromatic heterocycles. The number of aromatic nitrogens is 3. The van der Waals surface area contributed by atoms with E-state index in [-0.39, 0.29) is 24.0 Å². The lowest BCUT2D eigenvalue weighted by Gasteiger charge is -2.36. The fourth-order valence-corrected chi connectivity index (χ4v) is 4.86. The summed E-state index contributed by atoms with van der Waals surface area (Å²) in [6.07, 6.45) is 4.08. The summed E-state index contributed by atoms with van der Waals surface area (Å²) in [7, 11) is 1.82. The number of benzene rings is 1. The molecule has 1 unspecified atom stereocenters. The topological polar surface area (TPSA) is 81.2 Å². The Morgan fingerprint density at radius 1 is 1.25 bits per heavy atom. The molecule has 0 amide bonds. The van der Waals surface area contributed by atoms with E-state index in [9.17, 15) is 0 Å². The molecular formula is C23H32IN7S. The second kappa shape index (κ2) is 12.3. The van der Waals surface area contributed by atoms with Crippen LogP contribution in [0.25, 0.3) is 11.4 Å². The van der Waals surface area contributed by atoms with Crippen molar-refractivity contribution in [1.82, 2.24) is 30.7 Å². The average Bonchev–Trinajstić information content (AvgIpc) is 3.52. The van der Waals surface area contributed by atoms with Crippen molar-refractivity contribution in [2.24, 2.45) is 10.9 Å². The number of rotatable bonds is 7. The Balaban J connectivity index is 0.00000289. The SMILES string of the molecule is CN=C(NCc1cccc(-c2ncn[nH]2)c1)NCC(c1cccs1)N1CCC(C)CC1.I. The molecule has 3 heterocycles. The van der Waals surface area contributed by atoms with E-state index < -0.39 is 0 Å². The number of aromatic amines is 1. The molecule has 3 N–H and O–H groups in total. The van der Waals surface area contributed by atoms with Crippen LogP contribution < -0.4 is 10.6 Å². The zero-order valence-corrected chi connectivity index (χ0v) is 21.8. The van der Waals surface area contributed by atoms with Crippen molar-refractivity contribution in [1.29, 1.82) is 0 Å². The predicted octanol–water partition coefficient (Wildman–Crippen LogP) is 4.29. The summed E-state index contributed by atoms with van der Waals surface area (Å²) in [6, 6.07) is 13.1. The highest BCUT2D eigenvalue weighted by Crippen LogP contribution is 2.29. The van der Waals surface area contributed by atoms with E-state index in [1.54, 1.807) is 0 Å². The first-order valence-corrected chi connectivity index (χ1v) is 11.8. The molecule has 9 heteroatoms. The minimum absolute atomic E-state index is 0. The first-order chi connectivity index (χ1) is 15.2. The number of thiophene rings is 1. The highest BCUT2D eigenvalue weighted by atomic mass is 127. The van der Waals surface area contributed by atoms with Crippen LogP contribution in [-0.4, -0.2) is 52.7 Å². The highest BCUT2D eigenvalue weighted by Gasteiger charge is 2.25. The monoisotopic (exact) mass is 565 g/mol. The van der Waals surface area contributed by atoms with Gasteiger partial charge in [-0.1, -0.05) is 31.2 Å². The third kappa shape index (κ3) is 6.52. The fraction of sp³-hybridized carbons (Fsp3) is 0.435. The van der Waals surface area contributed by atoms with Gasteiger partial charge in [-0.05, 0) is 54.9 Å². The van der Waals surface area contributed by atoms with Crippen LogP contribution in [0.15, 0.2) is 53.1 Å². The van der Waals surface area contributed by atoms with Crippen molar-refractivity contribution in [2.75, 3.05) is 26.7 Å². The smallest absolute Gasteiger partial charge is 0.191 e. The van der Waals surface area contributed by atoms with Gasteiger partial charge in [0.05, 0.1) is 6.04 Å². The summed E-state index contributed by atoms with van der Waals surface area (Å²) in [5.41, 5.74) is 2.19. The van der Waals surface area contributed by atoms with Crippen molar-refractivity contribution in [2.45, 2.75) is 32.4 Å². The van der Waals surface area contributed by atoms with Gasteiger partial charge in [0.25, 0.3) is 0 Å². The highest BCUT2D eigenvalue weighted by molar-refractivity contribution is 14.0. The normalized spacial score (nSPS) is 16.4. The molecule has 0 aliphatic carbocycles. The van der Waals surface area contributed by atoms with Crippen LogP contribution in [0.5, 0.6) is 0 Å². The van der Waals surface area contributed by atoms with Crippen LogP contribution in [0.4, 0.5) is 0 Å². The molecule has 172 valence electrons. The van der Waals surface area contributed by atoms with Crippen LogP contribution in [0, 0.1) is 5.92 Å². The van der Waals surface area contributed by atoms with Crippen LogP contribution in [-0.2, 0) is 6.54 Å². The number of guanidine groups is 1. The maximum atomic E-state index is 4.44.